The minimum absolute atomic E-state index is 0.0208. The van der Waals surface area contributed by atoms with Crippen molar-refractivity contribution in [2.24, 2.45) is 5.41 Å². The van der Waals surface area contributed by atoms with Crippen LogP contribution in [0.1, 0.15) is 44.0 Å². The number of hydrogen-bond acceptors (Lipinski definition) is 5. The van der Waals surface area contributed by atoms with Gasteiger partial charge in [-0.05, 0) is 51.5 Å². The summed E-state index contributed by atoms with van der Waals surface area (Å²) in [6.07, 6.45) is 3.15. The number of piperidine rings is 2. The monoisotopic (exact) mass is 346 g/mol. The number of likely N-dealkylation sites (tertiary alicyclic amines) is 1. The first-order valence-corrected chi connectivity index (χ1v) is 8.89. The highest BCUT2D eigenvalue weighted by Crippen LogP contribution is 2.41. The summed E-state index contributed by atoms with van der Waals surface area (Å²) in [5.74, 6) is -0.206. The molecule has 0 aliphatic carbocycles. The highest BCUT2D eigenvalue weighted by molar-refractivity contribution is 5.84. The number of amides is 1. The molecule has 7 heteroatoms. The van der Waals surface area contributed by atoms with Gasteiger partial charge in [0.15, 0.2) is 0 Å². The average Bonchev–Trinajstić information content (AvgIpc) is 2.56. The number of aryl methyl sites for hydroxylation is 2. The van der Waals surface area contributed by atoms with Crippen LogP contribution in [0.15, 0.2) is 6.07 Å². The molecule has 0 bridgehead atoms. The van der Waals surface area contributed by atoms with E-state index in [2.05, 4.69) is 14.9 Å². The van der Waals surface area contributed by atoms with Crippen molar-refractivity contribution >= 4 is 17.8 Å². The Balaban J connectivity index is 1.70. The normalized spacial score (nSPS) is 21.5. The van der Waals surface area contributed by atoms with E-state index < -0.39 is 12.0 Å². The molecule has 1 aromatic heterocycles. The number of nitrogens with zero attached hydrogens (tertiary/aromatic N) is 4. The van der Waals surface area contributed by atoms with Crippen molar-refractivity contribution in [2.45, 2.75) is 52.5 Å². The third-order valence-corrected chi connectivity index (χ3v) is 5.60. The lowest BCUT2D eigenvalue weighted by molar-refractivity contribution is -0.154. The number of carbonyl (C=O) groups excluding carboxylic acids is 1. The minimum atomic E-state index is -0.938. The molecule has 2 fully saturated rings. The number of anilines is 1. The second kappa shape index (κ2) is 6.61. The maximum Gasteiger partial charge on any atom is 0.326 e. The van der Waals surface area contributed by atoms with Gasteiger partial charge in [0.25, 0.3) is 0 Å². The Hall–Kier alpha value is -2.18. The third-order valence-electron chi connectivity index (χ3n) is 5.60. The maximum atomic E-state index is 12.2. The predicted octanol–water partition coefficient (Wildman–Crippen LogP) is 1.78. The lowest BCUT2D eigenvalue weighted by atomic mass is 9.72. The molecule has 2 aliphatic rings. The molecule has 2 saturated heterocycles. The van der Waals surface area contributed by atoms with Crippen LogP contribution in [0.3, 0.4) is 0 Å². The highest BCUT2D eigenvalue weighted by Gasteiger charge is 2.43. The summed E-state index contributed by atoms with van der Waals surface area (Å²) >= 11 is 0. The number of aromatic nitrogens is 2. The zero-order valence-electron chi connectivity index (χ0n) is 15.2. The van der Waals surface area contributed by atoms with Crippen molar-refractivity contribution in [3.63, 3.8) is 0 Å². The Morgan fingerprint density at radius 3 is 2.36 bits per heavy atom. The zero-order valence-corrected chi connectivity index (χ0v) is 15.2. The molecule has 136 valence electrons. The summed E-state index contributed by atoms with van der Waals surface area (Å²) in [5.41, 5.74) is 1.95. The van der Waals surface area contributed by atoms with E-state index in [4.69, 9.17) is 0 Å². The fourth-order valence-corrected chi connectivity index (χ4v) is 3.97. The van der Waals surface area contributed by atoms with Crippen LogP contribution in [-0.4, -0.2) is 57.5 Å². The van der Waals surface area contributed by atoms with Crippen molar-refractivity contribution in [2.75, 3.05) is 24.5 Å². The molecule has 7 nitrogen and oxygen atoms in total. The molecule has 3 heterocycles. The van der Waals surface area contributed by atoms with Gasteiger partial charge in [0, 0.05) is 37.4 Å². The second-order valence-electron chi connectivity index (χ2n) is 7.47. The van der Waals surface area contributed by atoms with Crippen molar-refractivity contribution < 1.29 is 14.7 Å². The van der Waals surface area contributed by atoms with Crippen LogP contribution in [0, 0.1) is 19.3 Å². The van der Waals surface area contributed by atoms with Gasteiger partial charge >= 0.3 is 5.97 Å². The molecule has 1 amide bonds. The van der Waals surface area contributed by atoms with Gasteiger partial charge in [-0.25, -0.2) is 14.8 Å². The first-order valence-electron chi connectivity index (χ1n) is 8.89. The lowest BCUT2D eigenvalue weighted by Crippen LogP contribution is -2.55. The van der Waals surface area contributed by atoms with Crippen LogP contribution < -0.4 is 4.90 Å². The van der Waals surface area contributed by atoms with Gasteiger partial charge in [-0.15, -0.1) is 0 Å². The van der Waals surface area contributed by atoms with E-state index in [1.807, 2.05) is 19.9 Å². The van der Waals surface area contributed by atoms with Crippen LogP contribution in [0.5, 0.6) is 0 Å². The topological polar surface area (TPSA) is 86.6 Å². The van der Waals surface area contributed by atoms with Crippen LogP contribution >= 0.6 is 0 Å². The molecule has 0 radical (unpaired) electrons. The fraction of sp³-hybridized carbons (Fsp3) is 0.667. The van der Waals surface area contributed by atoms with Crippen LogP contribution in [0.2, 0.25) is 0 Å². The van der Waals surface area contributed by atoms with Gasteiger partial charge in [0.2, 0.25) is 11.9 Å². The first kappa shape index (κ1) is 17.6. The molecule has 0 saturated carbocycles. The Bertz CT molecular complexity index is 663. The largest absolute Gasteiger partial charge is 0.480 e. The Morgan fingerprint density at radius 2 is 1.80 bits per heavy atom. The molecule has 2 aliphatic heterocycles. The molecule has 0 aromatic carbocycles. The van der Waals surface area contributed by atoms with Gasteiger partial charge in [-0.2, -0.15) is 0 Å². The highest BCUT2D eigenvalue weighted by atomic mass is 16.4. The van der Waals surface area contributed by atoms with Gasteiger partial charge in [-0.1, -0.05) is 0 Å². The molecular weight excluding hydrogens is 320 g/mol. The number of rotatable bonds is 3. The Kier molecular flexibility index (Phi) is 4.67. The molecule has 1 aromatic rings. The summed E-state index contributed by atoms with van der Waals surface area (Å²) in [6, 6.07) is 1.21. The van der Waals surface area contributed by atoms with Gasteiger partial charge in [0.05, 0.1) is 0 Å². The fourth-order valence-electron chi connectivity index (χ4n) is 3.97. The van der Waals surface area contributed by atoms with Crippen LogP contribution in [-0.2, 0) is 9.59 Å². The summed E-state index contributed by atoms with van der Waals surface area (Å²) < 4.78 is 0. The number of carboxylic acids is 1. The van der Waals surface area contributed by atoms with Crippen LogP contribution in [0.25, 0.3) is 0 Å². The predicted molar refractivity (Wildman–Crippen MR) is 93.4 cm³/mol. The summed E-state index contributed by atoms with van der Waals surface area (Å²) in [4.78, 5) is 36.3. The van der Waals surface area contributed by atoms with E-state index in [0.717, 1.165) is 49.7 Å². The van der Waals surface area contributed by atoms with Gasteiger partial charge in [0.1, 0.15) is 6.04 Å². The average molecular weight is 346 g/mol. The van der Waals surface area contributed by atoms with E-state index >= 15 is 0 Å². The van der Waals surface area contributed by atoms with Gasteiger partial charge in [-0.3, -0.25) is 4.79 Å². The lowest BCUT2D eigenvalue weighted by Gasteiger charge is -2.48. The Morgan fingerprint density at radius 1 is 1.20 bits per heavy atom. The molecule has 1 N–H and O–H groups in total. The van der Waals surface area contributed by atoms with E-state index in [1.54, 1.807) is 11.8 Å². The first-order chi connectivity index (χ1) is 11.8. The number of carboxylic acid groups (broad SMARTS) is 1. The molecular formula is C18H26N4O3. The van der Waals surface area contributed by atoms with E-state index in [-0.39, 0.29) is 11.3 Å². The van der Waals surface area contributed by atoms with Gasteiger partial charge < -0.3 is 14.9 Å². The number of carbonyl (C=O) groups is 2. The molecule has 3 rings (SSSR count). The van der Waals surface area contributed by atoms with Crippen LogP contribution in [0.4, 0.5) is 5.95 Å². The van der Waals surface area contributed by atoms with E-state index in [1.165, 1.54) is 0 Å². The third kappa shape index (κ3) is 3.60. The molecule has 1 atom stereocenters. The quantitative estimate of drug-likeness (QED) is 0.898. The number of hydrogen-bond donors (Lipinski definition) is 1. The van der Waals surface area contributed by atoms with Crippen molar-refractivity contribution in [1.29, 1.82) is 0 Å². The standard InChI is InChI=1S/C18H26N4O3/c1-12-10-13(2)20-17(19-12)21-8-6-18(7-9-21)5-4-15(23)22(11-18)14(3)16(24)25/h10,14H,4-9,11H2,1-3H3,(H,24,25)/t14-/m1/s1. The van der Waals surface area contributed by atoms with Crippen molar-refractivity contribution in [1.82, 2.24) is 14.9 Å². The zero-order chi connectivity index (χ0) is 18.2. The number of aliphatic carboxylic acids is 1. The second-order valence-corrected chi connectivity index (χ2v) is 7.47. The molecule has 1 spiro atoms. The molecule has 0 unspecified atom stereocenters. The summed E-state index contributed by atoms with van der Waals surface area (Å²) in [7, 11) is 0. The minimum Gasteiger partial charge on any atom is -0.480 e. The molecule has 25 heavy (non-hydrogen) atoms. The van der Waals surface area contributed by atoms with Crippen molar-refractivity contribution in [3.8, 4) is 0 Å². The van der Waals surface area contributed by atoms with E-state index in [9.17, 15) is 14.7 Å². The summed E-state index contributed by atoms with van der Waals surface area (Å²) in [5, 5.41) is 9.26. The summed E-state index contributed by atoms with van der Waals surface area (Å²) in [6.45, 7) is 7.76. The SMILES string of the molecule is Cc1cc(C)nc(N2CCC3(CCC(=O)N([C@H](C)C(=O)O)C3)CC2)n1. The smallest absolute Gasteiger partial charge is 0.326 e. The Labute approximate surface area is 148 Å². The maximum absolute atomic E-state index is 12.2. The van der Waals surface area contributed by atoms with E-state index in [0.29, 0.717) is 13.0 Å². The van der Waals surface area contributed by atoms with Crippen molar-refractivity contribution in [3.05, 3.63) is 17.5 Å².